The minimum absolute atomic E-state index is 0.357. The molecule has 5 heteroatoms. The molecule has 0 spiro atoms. The van der Waals surface area contributed by atoms with Gasteiger partial charge < -0.3 is 13.9 Å². The second-order valence-electron chi connectivity index (χ2n) is 4.46. The van der Waals surface area contributed by atoms with Crippen LogP contribution in [0.1, 0.15) is 28.0 Å². The third-order valence-electron chi connectivity index (χ3n) is 3.13. The predicted molar refractivity (Wildman–Crippen MR) is 83.1 cm³/mol. The SMILES string of the molecule is COc1cc(C(Cl)c2cc(C)oc2C)c(OC)cc1Br. The molecule has 1 aromatic heterocycles. The quantitative estimate of drug-likeness (QED) is 0.720. The van der Waals surface area contributed by atoms with Gasteiger partial charge in [0.15, 0.2) is 0 Å². The Bertz CT molecular complexity index is 622. The zero-order chi connectivity index (χ0) is 14.9. The van der Waals surface area contributed by atoms with Gasteiger partial charge in [-0.15, -0.1) is 11.6 Å². The van der Waals surface area contributed by atoms with Crippen LogP contribution < -0.4 is 9.47 Å². The normalized spacial score (nSPS) is 12.3. The van der Waals surface area contributed by atoms with Crippen molar-refractivity contribution in [3.05, 3.63) is 45.3 Å². The Labute approximate surface area is 132 Å². The Balaban J connectivity index is 2.53. The molecule has 1 atom stereocenters. The van der Waals surface area contributed by atoms with Crippen LogP contribution in [-0.2, 0) is 0 Å². The molecule has 0 bridgehead atoms. The Morgan fingerprint density at radius 1 is 1.05 bits per heavy atom. The largest absolute Gasteiger partial charge is 0.496 e. The number of aryl methyl sites for hydroxylation is 2. The molecule has 0 saturated carbocycles. The Kier molecular flexibility index (Phi) is 4.66. The molecule has 0 saturated heterocycles. The van der Waals surface area contributed by atoms with Crippen LogP contribution in [0.25, 0.3) is 0 Å². The first-order chi connectivity index (χ1) is 9.47. The first-order valence-corrected chi connectivity index (χ1v) is 7.33. The monoisotopic (exact) mass is 358 g/mol. The molecule has 0 radical (unpaired) electrons. The number of ether oxygens (including phenoxy) is 2. The van der Waals surface area contributed by atoms with Crippen molar-refractivity contribution in [1.82, 2.24) is 0 Å². The highest BCUT2D eigenvalue weighted by atomic mass is 79.9. The molecule has 0 amide bonds. The standard InChI is InChI=1S/C15H16BrClO3/c1-8-5-10(9(2)20-8)15(17)11-6-14(19-4)12(16)7-13(11)18-3/h5-7,15H,1-4H3. The first kappa shape index (κ1) is 15.3. The molecular formula is C15H16BrClO3. The summed E-state index contributed by atoms with van der Waals surface area (Å²) in [6.45, 7) is 3.81. The number of hydrogen-bond donors (Lipinski definition) is 0. The molecule has 3 nitrogen and oxygen atoms in total. The van der Waals surface area contributed by atoms with Crippen LogP contribution in [0.15, 0.2) is 27.1 Å². The maximum atomic E-state index is 6.60. The van der Waals surface area contributed by atoms with Gasteiger partial charge in [0.2, 0.25) is 0 Å². The summed E-state index contributed by atoms with van der Waals surface area (Å²) >= 11 is 10.0. The molecule has 0 aliphatic rings. The van der Waals surface area contributed by atoms with Crippen LogP contribution in [0.4, 0.5) is 0 Å². The van der Waals surface area contributed by atoms with Gasteiger partial charge in [-0.2, -0.15) is 0 Å². The lowest BCUT2D eigenvalue weighted by Gasteiger charge is -2.16. The molecular weight excluding hydrogens is 344 g/mol. The second kappa shape index (κ2) is 6.10. The summed E-state index contributed by atoms with van der Waals surface area (Å²) in [6.07, 6.45) is 0. The molecule has 0 aliphatic carbocycles. The van der Waals surface area contributed by atoms with Crippen molar-refractivity contribution in [2.75, 3.05) is 14.2 Å². The van der Waals surface area contributed by atoms with Gasteiger partial charge >= 0.3 is 0 Å². The van der Waals surface area contributed by atoms with Crippen LogP contribution >= 0.6 is 27.5 Å². The summed E-state index contributed by atoms with van der Waals surface area (Å²) in [7, 11) is 3.24. The maximum Gasteiger partial charge on any atom is 0.133 e. The Hall–Kier alpha value is -1.13. The Morgan fingerprint density at radius 2 is 1.70 bits per heavy atom. The second-order valence-corrected chi connectivity index (χ2v) is 5.75. The number of hydrogen-bond acceptors (Lipinski definition) is 3. The number of benzene rings is 1. The highest BCUT2D eigenvalue weighted by Gasteiger charge is 2.22. The van der Waals surface area contributed by atoms with Crippen LogP contribution in [0.3, 0.4) is 0 Å². The van der Waals surface area contributed by atoms with E-state index in [1.54, 1.807) is 14.2 Å². The zero-order valence-electron chi connectivity index (χ0n) is 11.8. The van der Waals surface area contributed by atoms with E-state index in [-0.39, 0.29) is 5.38 Å². The van der Waals surface area contributed by atoms with Gasteiger partial charge in [0.1, 0.15) is 23.0 Å². The van der Waals surface area contributed by atoms with Gasteiger partial charge in [0, 0.05) is 11.1 Å². The van der Waals surface area contributed by atoms with E-state index in [0.29, 0.717) is 11.5 Å². The van der Waals surface area contributed by atoms with Gasteiger partial charge in [-0.05, 0) is 48.0 Å². The highest BCUT2D eigenvalue weighted by Crippen LogP contribution is 2.42. The minimum Gasteiger partial charge on any atom is -0.496 e. The van der Waals surface area contributed by atoms with Crippen molar-refractivity contribution < 1.29 is 13.9 Å². The lowest BCUT2D eigenvalue weighted by molar-refractivity contribution is 0.397. The van der Waals surface area contributed by atoms with Crippen molar-refractivity contribution in [1.29, 1.82) is 0 Å². The molecule has 1 heterocycles. The molecule has 2 aromatic rings. The summed E-state index contributed by atoms with van der Waals surface area (Å²) < 4.78 is 17.1. The molecule has 0 N–H and O–H groups in total. The van der Waals surface area contributed by atoms with E-state index in [4.69, 9.17) is 25.5 Å². The third kappa shape index (κ3) is 2.81. The molecule has 1 unspecified atom stereocenters. The van der Waals surface area contributed by atoms with E-state index in [2.05, 4.69) is 15.9 Å². The number of rotatable bonds is 4. The summed E-state index contributed by atoms with van der Waals surface area (Å²) in [4.78, 5) is 0. The lowest BCUT2D eigenvalue weighted by atomic mass is 10.0. The van der Waals surface area contributed by atoms with E-state index in [0.717, 1.165) is 27.1 Å². The fourth-order valence-electron chi connectivity index (χ4n) is 2.15. The molecule has 0 aliphatic heterocycles. The van der Waals surface area contributed by atoms with E-state index >= 15 is 0 Å². The topological polar surface area (TPSA) is 31.6 Å². The van der Waals surface area contributed by atoms with Crippen molar-refractivity contribution >= 4 is 27.5 Å². The van der Waals surface area contributed by atoms with Crippen LogP contribution in [0, 0.1) is 13.8 Å². The number of furan rings is 1. The summed E-state index contributed by atoms with van der Waals surface area (Å²) in [5, 5.41) is -0.357. The van der Waals surface area contributed by atoms with Crippen molar-refractivity contribution in [3.63, 3.8) is 0 Å². The highest BCUT2D eigenvalue weighted by molar-refractivity contribution is 9.10. The summed E-state index contributed by atoms with van der Waals surface area (Å²) in [5.74, 6) is 3.07. The summed E-state index contributed by atoms with van der Waals surface area (Å²) in [6, 6.07) is 5.68. The predicted octanol–water partition coefficient (Wildman–Crippen LogP) is 5.00. The van der Waals surface area contributed by atoms with E-state index < -0.39 is 0 Å². The Morgan fingerprint density at radius 3 is 2.20 bits per heavy atom. The molecule has 1 aromatic carbocycles. The van der Waals surface area contributed by atoms with Crippen LogP contribution in [0.5, 0.6) is 11.5 Å². The van der Waals surface area contributed by atoms with Gasteiger partial charge in [-0.25, -0.2) is 0 Å². The fourth-order valence-corrected chi connectivity index (χ4v) is 3.02. The molecule has 0 fully saturated rings. The smallest absolute Gasteiger partial charge is 0.133 e. The third-order valence-corrected chi connectivity index (χ3v) is 4.22. The van der Waals surface area contributed by atoms with E-state index in [1.165, 1.54) is 0 Å². The molecule has 108 valence electrons. The number of halogens is 2. The zero-order valence-corrected chi connectivity index (χ0v) is 14.1. The summed E-state index contributed by atoms with van der Waals surface area (Å²) in [5.41, 5.74) is 1.78. The molecule has 20 heavy (non-hydrogen) atoms. The van der Waals surface area contributed by atoms with Crippen molar-refractivity contribution in [2.45, 2.75) is 19.2 Å². The average molecular weight is 360 g/mol. The molecule has 2 rings (SSSR count). The maximum absolute atomic E-state index is 6.60. The van der Waals surface area contributed by atoms with Crippen LogP contribution in [-0.4, -0.2) is 14.2 Å². The van der Waals surface area contributed by atoms with Gasteiger partial charge in [-0.1, -0.05) is 0 Å². The minimum atomic E-state index is -0.357. The van der Waals surface area contributed by atoms with Gasteiger partial charge in [0.05, 0.1) is 24.1 Å². The van der Waals surface area contributed by atoms with Crippen molar-refractivity contribution in [2.24, 2.45) is 0 Å². The number of alkyl halides is 1. The van der Waals surface area contributed by atoms with E-state index in [9.17, 15) is 0 Å². The fraction of sp³-hybridized carbons (Fsp3) is 0.333. The van der Waals surface area contributed by atoms with Gasteiger partial charge in [-0.3, -0.25) is 0 Å². The lowest BCUT2D eigenvalue weighted by Crippen LogP contribution is -1.99. The van der Waals surface area contributed by atoms with Crippen molar-refractivity contribution in [3.8, 4) is 11.5 Å². The van der Waals surface area contributed by atoms with Gasteiger partial charge in [0.25, 0.3) is 0 Å². The van der Waals surface area contributed by atoms with E-state index in [1.807, 2.05) is 32.0 Å². The first-order valence-electron chi connectivity index (χ1n) is 6.10. The van der Waals surface area contributed by atoms with Crippen LogP contribution in [0.2, 0.25) is 0 Å². The average Bonchev–Trinajstić information content (AvgIpc) is 2.76. The number of methoxy groups -OCH3 is 2.